The molecule has 78 valence electrons. The number of aliphatic hydroxyl groups excluding tert-OH is 1. The number of aliphatic hydroxyl groups is 1. The highest BCUT2D eigenvalue weighted by molar-refractivity contribution is 5.40. The van der Waals surface area contributed by atoms with Crippen LogP contribution in [0.1, 0.15) is 6.92 Å². The molecule has 1 aromatic rings. The molecule has 1 heterocycles. The van der Waals surface area contributed by atoms with Crippen LogP contribution in [0.4, 0.5) is 11.8 Å². The van der Waals surface area contributed by atoms with Gasteiger partial charge in [-0.1, -0.05) is 0 Å². The number of hydrogen-bond acceptors (Lipinski definition) is 5. The van der Waals surface area contributed by atoms with Crippen molar-refractivity contribution in [3.63, 3.8) is 0 Å². The van der Waals surface area contributed by atoms with Crippen LogP contribution in [0.2, 0.25) is 0 Å². The van der Waals surface area contributed by atoms with Gasteiger partial charge in [0.1, 0.15) is 5.82 Å². The topological polar surface area (TPSA) is 61.3 Å². The van der Waals surface area contributed by atoms with Crippen LogP contribution in [0.5, 0.6) is 0 Å². The minimum absolute atomic E-state index is 0.401. The molecule has 1 rings (SSSR count). The first-order valence-electron chi connectivity index (χ1n) is 4.52. The van der Waals surface area contributed by atoms with Gasteiger partial charge < -0.3 is 15.3 Å². The second-order valence-corrected chi connectivity index (χ2v) is 3.36. The van der Waals surface area contributed by atoms with Gasteiger partial charge in [-0.2, -0.15) is 4.98 Å². The zero-order chi connectivity index (χ0) is 10.6. The van der Waals surface area contributed by atoms with E-state index >= 15 is 0 Å². The van der Waals surface area contributed by atoms with Crippen molar-refractivity contribution in [3.8, 4) is 0 Å². The molecular formula is C9H16N4O. The van der Waals surface area contributed by atoms with E-state index in [1.165, 1.54) is 0 Å². The second-order valence-electron chi connectivity index (χ2n) is 3.36. The van der Waals surface area contributed by atoms with Crippen LogP contribution >= 0.6 is 0 Å². The largest absolute Gasteiger partial charge is 0.392 e. The lowest BCUT2D eigenvalue weighted by molar-refractivity contribution is 0.208. The lowest BCUT2D eigenvalue weighted by atomic mass is 10.4. The zero-order valence-electron chi connectivity index (χ0n) is 8.73. The predicted molar refractivity (Wildman–Crippen MR) is 56.5 cm³/mol. The summed E-state index contributed by atoms with van der Waals surface area (Å²) in [5.41, 5.74) is 0. The van der Waals surface area contributed by atoms with Crippen molar-refractivity contribution in [1.29, 1.82) is 0 Å². The van der Waals surface area contributed by atoms with Gasteiger partial charge in [-0.3, -0.25) is 0 Å². The summed E-state index contributed by atoms with van der Waals surface area (Å²) in [6.07, 6.45) is 1.29. The minimum Gasteiger partial charge on any atom is -0.392 e. The highest BCUT2D eigenvalue weighted by Crippen LogP contribution is 2.07. The molecule has 0 aliphatic rings. The Kier molecular flexibility index (Phi) is 3.64. The number of hydrogen-bond donors (Lipinski definition) is 2. The van der Waals surface area contributed by atoms with E-state index in [4.69, 9.17) is 5.11 Å². The zero-order valence-corrected chi connectivity index (χ0v) is 8.73. The highest BCUT2D eigenvalue weighted by Gasteiger charge is 2.01. The van der Waals surface area contributed by atoms with E-state index in [2.05, 4.69) is 15.3 Å². The van der Waals surface area contributed by atoms with Crippen LogP contribution in [0.3, 0.4) is 0 Å². The fraction of sp³-hybridized carbons (Fsp3) is 0.556. The molecular weight excluding hydrogens is 180 g/mol. The Morgan fingerprint density at radius 1 is 1.57 bits per heavy atom. The molecule has 1 atom stereocenters. The van der Waals surface area contributed by atoms with Crippen LogP contribution in [0.15, 0.2) is 12.3 Å². The van der Waals surface area contributed by atoms with E-state index in [9.17, 15) is 0 Å². The van der Waals surface area contributed by atoms with Gasteiger partial charge in [0.25, 0.3) is 0 Å². The van der Waals surface area contributed by atoms with Crippen LogP contribution in [-0.2, 0) is 0 Å². The molecule has 0 fully saturated rings. The molecule has 0 aromatic carbocycles. The van der Waals surface area contributed by atoms with Gasteiger partial charge in [0.2, 0.25) is 5.95 Å². The van der Waals surface area contributed by atoms with Crippen molar-refractivity contribution in [2.75, 3.05) is 30.9 Å². The van der Waals surface area contributed by atoms with Gasteiger partial charge in [0.15, 0.2) is 0 Å². The van der Waals surface area contributed by atoms with E-state index in [0.717, 1.165) is 5.82 Å². The smallest absolute Gasteiger partial charge is 0.224 e. The van der Waals surface area contributed by atoms with Gasteiger partial charge in [-0.15, -0.1) is 0 Å². The third-order valence-corrected chi connectivity index (χ3v) is 1.65. The molecule has 1 aromatic heterocycles. The molecule has 0 spiro atoms. The summed E-state index contributed by atoms with van der Waals surface area (Å²) in [5.74, 6) is 1.38. The number of aromatic nitrogens is 2. The SMILES string of the molecule is C[C@H](O)CNc1nccc(N(C)C)n1. The molecule has 0 bridgehead atoms. The van der Waals surface area contributed by atoms with Gasteiger partial charge in [-0.05, 0) is 13.0 Å². The van der Waals surface area contributed by atoms with Gasteiger partial charge in [0.05, 0.1) is 6.10 Å². The Morgan fingerprint density at radius 2 is 2.29 bits per heavy atom. The number of rotatable bonds is 4. The van der Waals surface area contributed by atoms with E-state index in [1.54, 1.807) is 13.1 Å². The van der Waals surface area contributed by atoms with Gasteiger partial charge in [0, 0.05) is 26.8 Å². The molecule has 0 aliphatic carbocycles. The van der Waals surface area contributed by atoms with E-state index < -0.39 is 6.10 Å². The molecule has 0 saturated heterocycles. The second kappa shape index (κ2) is 4.76. The van der Waals surface area contributed by atoms with Crippen molar-refractivity contribution in [2.45, 2.75) is 13.0 Å². The summed E-state index contributed by atoms with van der Waals surface area (Å²) in [5, 5.41) is 12.0. The van der Waals surface area contributed by atoms with E-state index in [1.807, 2.05) is 25.1 Å². The fourth-order valence-electron chi connectivity index (χ4n) is 0.922. The average Bonchev–Trinajstić information content (AvgIpc) is 2.15. The summed E-state index contributed by atoms with van der Waals surface area (Å²) in [4.78, 5) is 10.2. The van der Waals surface area contributed by atoms with Crippen LogP contribution in [-0.4, -0.2) is 41.8 Å². The average molecular weight is 196 g/mol. The third-order valence-electron chi connectivity index (χ3n) is 1.65. The van der Waals surface area contributed by atoms with E-state index in [-0.39, 0.29) is 0 Å². The Hall–Kier alpha value is -1.36. The first kappa shape index (κ1) is 10.7. The van der Waals surface area contributed by atoms with Crippen molar-refractivity contribution >= 4 is 11.8 Å². The summed E-state index contributed by atoms with van der Waals surface area (Å²) >= 11 is 0. The minimum atomic E-state index is -0.401. The molecule has 0 unspecified atom stereocenters. The molecule has 5 nitrogen and oxygen atoms in total. The Bertz CT molecular complexity index is 288. The van der Waals surface area contributed by atoms with Crippen molar-refractivity contribution < 1.29 is 5.11 Å². The summed E-state index contributed by atoms with van der Waals surface area (Å²) in [6.45, 7) is 2.17. The number of nitrogens with one attached hydrogen (secondary N) is 1. The maximum atomic E-state index is 9.06. The lowest BCUT2D eigenvalue weighted by Gasteiger charge is -2.12. The standard InChI is InChI=1S/C9H16N4O/c1-7(14)6-11-9-10-5-4-8(12-9)13(2)3/h4-5,7,14H,6H2,1-3H3,(H,10,11,12)/t7-/m0/s1. The van der Waals surface area contributed by atoms with Crippen molar-refractivity contribution in [3.05, 3.63) is 12.3 Å². The summed E-state index contributed by atoms with van der Waals surface area (Å²) in [7, 11) is 3.83. The van der Waals surface area contributed by atoms with Crippen molar-refractivity contribution in [1.82, 2.24) is 9.97 Å². The molecule has 0 aliphatic heterocycles. The Morgan fingerprint density at radius 3 is 2.86 bits per heavy atom. The molecule has 0 amide bonds. The maximum Gasteiger partial charge on any atom is 0.224 e. The molecule has 14 heavy (non-hydrogen) atoms. The highest BCUT2D eigenvalue weighted by atomic mass is 16.3. The first-order chi connectivity index (χ1) is 6.59. The fourth-order valence-corrected chi connectivity index (χ4v) is 0.922. The number of nitrogens with zero attached hydrogens (tertiary/aromatic N) is 3. The van der Waals surface area contributed by atoms with Crippen LogP contribution in [0, 0.1) is 0 Å². The Balaban J connectivity index is 2.64. The monoisotopic (exact) mass is 196 g/mol. The molecule has 0 saturated carbocycles. The lowest BCUT2D eigenvalue weighted by Crippen LogP contribution is -2.18. The van der Waals surface area contributed by atoms with Gasteiger partial charge in [-0.25, -0.2) is 4.98 Å². The molecule has 2 N–H and O–H groups in total. The summed E-state index contributed by atoms with van der Waals surface area (Å²) < 4.78 is 0. The summed E-state index contributed by atoms with van der Waals surface area (Å²) in [6, 6.07) is 1.83. The van der Waals surface area contributed by atoms with Gasteiger partial charge >= 0.3 is 0 Å². The van der Waals surface area contributed by atoms with Crippen LogP contribution < -0.4 is 10.2 Å². The first-order valence-corrected chi connectivity index (χ1v) is 4.52. The molecule has 5 heteroatoms. The van der Waals surface area contributed by atoms with Crippen molar-refractivity contribution in [2.24, 2.45) is 0 Å². The van der Waals surface area contributed by atoms with E-state index in [0.29, 0.717) is 12.5 Å². The number of anilines is 2. The third kappa shape index (κ3) is 3.18. The quantitative estimate of drug-likeness (QED) is 0.727. The Labute approximate surface area is 83.8 Å². The van der Waals surface area contributed by atoms with Crippen LogP contribution in [0.25, 0.3) is 0 Å². The predicted octanol–water partition coefficient (Wildman–Crippen LogP) is 0.335. The maximum absolute atomic E-state index is 9.06. The normalized spacial score (nSPS) is 12.3. The molecule has 0 radical (unpaired) electrons.